The quantitative estimate of drug-likeness (QED) is 0.575. The number of nitrogens with one attached hydrogen (secondary N) is 1. The third-order valence-corrected chi connectivity index (χ3v) is 6.18. The lowest BCUT2D eigenvalue weighted by molar-refractivity contribution is 0.00108. The minimum Gasteiger partial charge on any atom is -0.464 e. The lowest BCUT2D eigenvalue weighted by atomic mass is 10.0. The van der Waals surface area contributed by atoms with Gasteiger partial charge in [-0.15, -0.1) is 0 Å². The number of amides is 1. The number of methoxy groups -OCH3 is 1. The number of aromatic nitrogens is 1. The Morgan fingerprint density at radius 2 is 1.92 bits per heavy atom. The van der Waals surface area contributed by atoms with Crippen LogP contribution in [0.25, 0.3) is 0 Å². The molecule has 8 nitrogen and oxygen atoms in total. The standard InChI is InChI=1S/C27H37FN4O4/c1-17-8-9-20(13-22(17)28)23(30-21-12-18(2)24(29-14-21)25(33)35-7)16-31-10-11-32(19(3)15-31)26(34)36-27(4,5)6/h8-9,12-14,19,23,30H,10-11,15-16H2,1-7H3/t19-,23?/m1/s1. The van der Waals surface area contributed by atoms with Gasteiger partial charge in [-0.25, -0.2) is 19.0 Å². The topological polar surface area (TPSA) is 84.0 Å². The number of esters is 1. The van der Waals surface area contributed by atoms with Gasteiger partial charge in [0.2, 0.25) is 0 Å². The molecular formula is C27H37FN4O4. The maximum absolute atomic E-state index is 14.5. The minimum atomic E-state index is -0.548. The summed E-state index contributed by atoms with van der Waals surface area (Å²) in [7, 11) is 1.32. The first-order valence-electron chi connectivity index (χ1n) is 12.2. The molecule has 1 fully saturated rings. The van der Waals surface area contributed by atoms with E-state index >= 15 is 0 Å². The highest BCUT2D eigenvalue weighted by molar-refractivity contribution is 5.89. The van der Waals surface area contributed by atoms with Gasteiger partial charge < -0.3 is 19.7 Å². The number of anilines is 1. The molecule has 0 spiro atoms. The van der Waals surface area contributed by atoms with Crippen molar-refractivity contribution in [1.82, 2.24) is 14.8 Å². The smallest absolute Gasteiger partial charge is 0.410 e. The summed E-state index contributed by atoms with van der Waals surface area (Å²) >= 11 is 0. The SMILES string of the molecule is COC(=O)c1ncc(NC(CN2CCN(C(=O)OC(C)(C)C)[C@H](C)C2)c2ccc(C)c(F)c2)cc1C. The number of hydrogen-bond acceptors (Lipinski definition) is 7. The zero-order valence-electron chi connectivity index (χ0n) is 22.2. The zero-order valence-corrected chi connectivity index (χ0v) is 22.2. The summed E-state index contributed by atoms with van der Waals surface area (Å²) < 4.78 is 24.8. The first-order valence-corrected chi connectivity index (χ1v) is 12.2. The highest BCUT2D eigenvalue weighted by Gasteiger charge is 2.32. The number of nitrogens with zero attached hydrogens (tertiary/aromatic N) is 3. The Balaban J connectivity index is 1.78. The number of pyridine rings is 1. The van der Waals surface area contributed by atoms with Crippen molar-refractivity contribution >= 4 is 17.7 Å². The van der Waals surface area contributed by atoms with E-state index in [0.717, 1.165) is 5.56 Å². The second kappa shape index (κ2) is 11.2. The van der Waals surface area contributed by atoms with Crippen LogP contribution in [0.4, 0.5) is 14.9 Å². The third-order valence-electron chi connectivity index (χ3n) is 6.18. The van der Waals surface area contributed by atoms with Crippen molar-refractivity contribution in [2.24, 2.45) is 0 Å². The summed E-state index contributed by atoms with van der Waals surface area (Å²) in [5.74, 6) is -0.759. The highest BCUT2D eigenvalue weighted by Crippen LogP contribution is 2.25. The number of carbonyl (C=O) groups is 2. The van der Waals surface area contributed by atoms with Gasteiger partial charge in [-0.3, -0.25) is 4.90 Å². The van der Waals surface area contributed by atoms with Crippen molar-refractivity contribution in [2.75, 3.05) is 38.6 Å². The second-order valence-electron chi connectivity index (χ2n) is 10.4. The first-order chi connectivity index (χ1) is 16.9. The van der Waals surface area contributed by atoms with Crippen molar-refractivity contribution in [2.45, 2.75) is 59.2 Å². The van der Waals surface area contributed by atoms with Crippen LogP contribution in [-0.4, -0.2) is 71.8 Å². The fourth-order valence-corrected chi connectivity index (χ4v) is 4.27. The molecule has 1 aliphatic rings. The van der Waals surface area contributed by atoms with E-state index in [9.17, 15) is 14.0 Å². The number of ether oxygens (including phenoxy) is 2. The number of aryl methyl sites for hydroxylation is 2. The van der Waals surface area contributed by atoms with Crippen LogP contribution in [0.2, 0.25) is 0 Å². The Kier molecular flexibility index (Phi) is 8.55. The monoisotopic (exact) mass is 500 g/mol. The molecule has 1 aromatic carbocycles. The molecule has 1 aromatic heterocycles. The van der Waals surface area contributed by atoms with Crippen LogP contribution in [-0.2, 0) is 9.47 Å². The maximum atomic E-state index is 14.5. The van der Waals surface area contributed by atoms with Crippen molar-refractivity contribution in [3.05, 3.63) is 58.7 Å². The van der Waals surface area contributed by atoms with Crippen molar-refractivity contribution in [3.8, 4) is 0 Å². The van der Waals surface area contributed by atoms with E-state index in [-0.39, 0.29) is 29.7 Å². The third kappa shape index (κ3) is 6.94. The molecule has 1 aliphatic heterocycles. The fourth-order valence-electron chi connectivity index (χ4n) is 4.27. The number of halogens is 1. The molecule has 2 aromatic rings. The molecule has 0 saturated carbocycles. The van der Waals surface area contributed by atoms with Crippen molar-refractivity contribution in [1.29, 1.82) is 0 Å². The molecular weight excluding hydrogens is 463 g/mol. The Morgan fingerprint density at radius 1 is 1.19 bits per heavy atom. The summed E-state index contributed by atoms with van der Waals surface area (Å²) in [5.41, 5.74) is 2.49. The minimum absolute atomic E-state index is 0.0349. The number of rotatable bonds is 6. The van der Waals surface area contributed by atoms with Gasteiger partial charge in [-0.05, 0) is 70.4 Å². The molecule has 3 rings (SSSR count). The normalized spacial score (nSPS) is 17.4. The van der Waals surface area contributed by atoms with Crippen LogP contribution in [0, 0.1) is 19.7 Å². The van der Waals surface area contributed by atoms with Crippen LogP contribution in [0.5, 0.6) is 0 Å². The van der Waals surface area contributed by atoms with Gasteiger partial charge in [0.05, 0.1) is 25.0 Å². The number of carbonyl (C=O) groups excluding carboxylic acids is 2. The zero-order chi connectivity index (χ0) is 26.6. The Bertz CT molecular complexity index is 1100. The summed E-state index contributed by atoms with van der Waals surface area (Å²) in [6.07, 6.45) is 1.28. The number of benzene rings is 1. The molecule has 1 N–H and O–H groups in total. The van der Waals surface area contributed by atoms with Gasteiger partial charge in [-0.1, -0.05) is 12.1 Å². The van der Waals surface area contributed by atoms with E-state index < -0.39 is 11.6 Å². The molecule has 0 radical (unpaired) electrons. The van der Waals surface area contributed by atoms with Gasteiger partial charge in [0.25, 0.3) is 0 Å². The maximum Gasteiger partial charge on any atom is 0.410 e. The van der Waals surface area contributed by atoms with E-state index in [4.69, 9.17) is 9.47 Å². The Hall–Kier alpha value is -3.20. The largest absolute Gasteiger partial charge is 0.464 e. The van der Waals surface area contributed by atoms with E-state index in [1.54, 1.807) is 37.1 Å². The lowest BCUT2D eigenvalue weighted by Gasteiger charge is -2.41. The number of piperazine rings is 1. The molecule has 36 heavy (non-hydrogen) atoms. The van der Waals surface area contributed by atoms with E-state index in [2.05, 4.69) is 15.2 Å². The van der Waals surface area contributed by atoms with Crippen molar-refractivity contribution in [3.63, 3.8) is 0 Å². The van der Waals surface area contributed by atoms with Crippen LogP contribution in [0.1, 0.15) is 60.9 Å². The van der Waals surface area contributed by atoms with Crippen LogP contribution in [0.15, 0.2) is 30.5 Å². The fraction of sp³-hybridized carbons (Fsp3) is 0.519. The first kappa shape index (κ1) is 27.4. The Morgan fingerprint density at radius 3 is 2.50 bits per heavy atom. The molecule has 2 heterocycles. The predicted octanol–water partition coefficient (Wildman–Crippen LogP) is 4.72. The van der Waals surface area contributed by atoms with Crippen LogP contribution >= 0.6 is 0 Å². The molecule has 9 heteroatoms. The van der Waals surface area contributed by atoms with Crippen molar-refractivity contribution < 1.29 is 23.5 Å². The number of hydrogen-bond donors (Lipinski definition) is 1. The average Bonchev–Trinajstić information content (AvgIpc) is 2.79. The van der Waals surface area contributed by atoms with Gasteiger partial charge in [0, 0.05) is 32.2 Å². The summed E-state index contributed by atoms with van der Waals surface area (Å²) in [5, 5.41) is 3.47. The van der Waals surface area contributed by atoms with Gasteiger partial charge in [0.1, 0.15) is 11.4 Å². The van der Waals surface area contributed by atoms with E-state index in [0.29, 0.717) is 43.0 Å². The van der Waals surface area contributed by atoms with Gasteiger partial charge in [-0.2, -0.15) is 0 Å². The summed E-state index contributed by atoms with van der Waals surface area (Å²) in [4.78, 5) is 32.8. The van der Waals surface area contributed by atoms with E-state index in [1.807, 2.05) is 39.8 Å². The van der Waals surface area contributed by atoms with Gasteiger partial charge in [0.15, 0.2) is 5.69 Å². The molecule has 0 bridgehead atoms. The molecule has 196 valence electrons. The molecule has 2 atom stereocenters. The second-order valence-corrected chi connectivity index (χ2v) is 10.4. The highest BCUT2D eigenvalue weighted by atomic mass is 19.1. The molecule has 1 amide bonds. The van der Waals surface area contributed by atoms with Crippen LogP contribution in [0.3, 0.4) is 0 Å². The average molecular weight is 501 g/mol. The van der Waals surface area contributed by atoms with E-state index in [1.165, 1.54) is 7.11 Å². The van der Waals surface area contributed by atoms with Gasteiger partial charge >= 0.3 is 12.1 Å². The summed E-state index contributed by atoms with van der Waals surface area (Å²) in [6.45, 7) is 13.6. The summed E-state index contributed by atoms with van der Waals surface area (Å²) in [6, 6.07) is 6.79. The van der Waals surface area contributed by atoms with Crippen LogP contribution < -0.4 is 5.32 Å². The molecule has 1 saturated heterocycles. The predicted molar refractivity (Wildman–Crippen MR) is 137 cm³/mol. The Labute approximate surface area is 212 Å². The molecule has 0 aliphatic carbocycles. The molecule has 1 unspecified atom stereocenters. The lowest BCUT2D eigenvalue weighted by Crippen LogP contribution is -2.55.